The van der Waals surface area contributed by atoms with Gasteiger partial charge in [-0.3, -0.25) is 0 Å². The smallest absolute Gasteiger partial charge is 0.500 e. The first-order valence-corrected chi connectivity index (χ1v) is 18.5. The number of hydrogen-bond donors (Lipinski definition) is 0. The van der Waals surface area contributed by atoms with Crippen molar-refractivity contribution in [3.63, 3.8) is 0 Å². The van der Waals surface area contributed by atoms with Gasteiger partial charge in [0.15, 0.2) is 0 Å². The molecule has 0 radical (unpaired) electrons. The molecule has 4 nitrogen and oxygen atoms in total. The van der Waals surface area contributed by atoms with E-state index in [-0.39, 0.29) is 53.6 Å². The van der Waals surface area contributed by atoms with E-state index in [4.69, 9.17) is 0 Å². The first-order chi connectivity index (χ1) is 23.3. The second kappa shape index (κ2) is 11.4. The number of rotatable bonds is 5. The van der Waals surface area contributed by atoms with E-state index in [0.717, 1.165) is 24.5 Å². The third-order valence-corrected chi connectivity index (χ3v) is 15.3. The van der Waals surface area contributed by atoms with E-state index < -0.39 is 0 Å². The van der Waals surface area contributed by atoms with Crippen molar-refractivity contribution in [1.82, 2.24) is 0 Å². The summed E-state index contributed by atoms with van der Waals surface area (Å²) in [5.41, 5.74) is 13.3. The van der Waals surface area contributed by atoms with Gasteiger partial charge in [0, 0.05) is 35.8 Å². The van der Waals surface area contributed by atoms with Gasteiger partial charge < -0.3 is 19.6 Å². The summed E-state index contributed by atoms with van der Waals surface area (Å²) in [5, 5.41) is 0. The van der Waals surface area contributed by atoms with Crippen LogP contribution >= 0.6 is 0 Å². The van der Waals surface area contributed by atoms with Crippen molar-refractivity contribution in [2.45, 2.75) is 105 Å². The molecule has 0 atom stereocenters. The Balaban J connectivity index is 0.00000406. The van der Waals surface area contributed by atoms with Crippen molar-refractivity contribution in [3.05, 3.63) is 121 Å². The van der Waals surface area contributed by atoms with Gasteiger partial charge >= 0.3 is 21.1 Å². The predicted molar refractivity (Wildman–Crippen MR) is 211 cm³/mol. The summed E-state index contributed by atoms with van der Waals surface area (Å²) >= 11 is 0. The molecule has 2 aliphatic heterocycles. The van der Waals surface area contributed by atoms with Crippen LogP contribution in [-0.2, 0) is 42.7 Å². The molecule has 5 heteroatoms. The second-order valence-corrected chi connectivity index (χ2v) is 18.4. The van der Waals surface area contributed by atoms with Gasteiger partial charge in [0.2, 0.25) is 0 Å². The molecule has 4 aliphatic rings. The summed E-state index contributed by atoms with van der Waals surface area (Å²) in [6.07, 6.45) is 0. The van der Waals surface area contributed by atoms with Crippen molar-refractivity contribution in [1.29, 1.82) is 0 Å². The molecule has 0 saturated heterocycles. The van der Waals surface area contributed by atoms with Crippen LogP contribution in [0.4, 0.5) is 34.1 Å². The van der Waals surface area contributed by atoms with Crippen LogP contribution in [0.5, 0.6) is 0 Å². The zero-order chi connectivity index (χ0) is 35.8. The molecule has 8 rings (SSSR count). The fraction of sp³-hybridized carbons (Fsp3) is 0.435. The van der Waals surface area contributed by atoms with Gasteiger partial charge in [-0.25, -0.2) is 0 Å². The van der Waals surface area contributed by atoms with Crippen molar-refractivity contribution in [2.75, 3.05) is 32.7 Å². The van der Waals surface area contributed by atoms with E-state index in [0.29, 0.717) is 0 Å². The first kappa shape index (κ1) is 36.1. The molecular weight excluding hydrogens is 804 g/mol. The van der Waals surface area contributed by atoms with Crippen molar-refractivity contribution >= 4 is 34.1 Å². The third kappa shape index (κ3) is 4.66. The molecular formula is C46H54N4Pt. The molecule has 0 amide bonds. The number of para-hydroxylation sites is 2. The molecule has 4 aromatic carbocycles. The Hall–Kier alpha value is -3.23. The monoisotopic (exact) mass is 857 g/mol. The molecule has 0 N–H and O–H groups in total. The Kier molecular flexibility index (Phi) is 8.07. The number of benzene rings is 4. The molecule has 2 heterocycles. The van der Waals surface area contributed by atoms with Gasteiger partial charge in [0.05, 0.1) is 0 Å². The van der Waals surface area contributed by atoms with Crippen LogP contribution in [0.1, 0.15) is 105 Å². The first-order valence-electron chi connectivity index (χ1n) is 18.5. The SMILES string of the molecule is CC1(C)c2cc3c(cc2C(C)(C)C1(C)C)N(c1[c-]cccc1)[CH-]N3CCN1[CH-]N(c2[c-]cccc2)c2cc3c(cc21)C(C)(C)C(C)(C)C3(C)C.[Pt+4]. The molecule has 0 saturated carbocycles. The van der Waals surface area contributed by atoms with Gasteiger partial charge in [-0.15, -0.1) is 11.4 Å². The summed E-state index contributed by atoms with van der Waals surface area (Å²) < 4.78 is 0. The Morgan fingerprint density at radius 1 is 0.471 bits per heavy atom. The molecule has 4 aromatic rings. The summed E-state index contributed by atoms with van der Waals surface area (Å²) in [6, 6.07) is 33.7. The number of nitrogens with zero attached hydrogens (tertiary/aromatic N) is 4. The van der Waals surface area contributed by atoms with Crippen LogP contribution in [0, 0.1) is 36.3 Å². The van der Waals surface area contributed by atoms with E-state index >= 15 is 0 Å². The number of anilines is 6. The average Bonchev–Trinajstić information content (AvgIpc) is 3.68. The van der Waals surface area contributed by atoms with Crippen LogP contribution < -0.4 is 19.6 Å². The Morgan fingerprint density at radius 3 is 1.08 bits per heavy atom. The number of fused-ring (bicyclic) bond motifs is 4. The van der Waals surface area contributed by atoms with E-state index in [9.17, 15) is 0 Å². The van der Waals surface area contributed by atoms with Crippen molar-refractivity contribution in [3.8, 4) is 0 Å². The zero-order valence-corrected chi connectivity index (χ0v) is 34.9. The maximum Gasteiger partial charge on any atom is 4.00 e. The van der Waals surface area contributed by atoms with E-state index in [1.807, 2.05) is 24.3 Å². The zero-order valence-electron chi connectivity index (χ0n) is 32.6. The van der Waals surface area contributed by atoms with Crippen LogP contribution in [0.15, 0.2) is 72.8 Å². The van der Waals surface area contributed by atoms with Crippen LogP contribution in [-0.4, -0.2) is 13.1 Å². The Labute approximate surface area is 322 Å². The third-order valence-electron chi connectivity index (χ3n) is 15.3. The fourth-order valence-electron chi connectivity index (χ4n) is 9.53. The topological polar surface area (TPSA) is 13.0 Å². The molecule has 0 unspecified atom stereocenters. The summed E-state index contributed by atoms with van der Waals surface area (Å²) in [4.78, 5) is 9.63. The molecule has 0 aromatic heterocycles. The van der Waals surface area contributed by atoms with Crippen LogP contribution in [0.3, 0.4) is 0 Å². The summed E-state index contributed by atoms with van der Waals surface area (Å²) in [6.45, 7) is 35.5. The normalized spacial score (nSPS) is 22.0. The number of hydrogen-bond acceptors (Lipinski definition) is 4. The average molecular weight is 858 g/mol. The summed E-state index contributed by atoms with van der Waals surface area (Å²) in [7, 11) is 0. The van der Waals surface area contributed by atoms with E-state index in [2.05, 4.69) is 177 Å². The maximum absolute atomic E-state index is 3.51. The Bertz CT molecular complexity index is 1840. The largest absolute Gasteiger partial charge is 4.00 e. The van der Waals surface area contributed by atoms with Crippen molar-refractivity contribution < 1.29 is 21.1 Å². The minimum absolute atomic E-state index is 0. The second-order valence-electron chi connectivity index (χ2n) is 18.4. The quantitative estimate of drug-likeness (QED) is 0.185. The van der Waals surface area contributed by atoms with Gasteiger partial charge in [-0.05, 0) is 79.0 Å². The fourth-order valence-corrected chi connectivity index (χ4v) is 9.53. The van der Waals surface area contributed by atoms with Gasteiger partial charge in [0.25, 0.3) is 0 Å². The van der Waals surface area contributed by atoms with Crippen molar-refractivity contribution in [2.24, 2.45) is 10.8 Å². The van der Waals surface area contributed by atoms with E-state index in [1.54, 1.807) is 0 Å². The van der Waals surface area contributed by atoms with Crippen LogP contribution in [0.2, 0.25) is 0 Å². The molecule has 2 aliphatic carbocycles. The molecule has 268 valence electrons. The minimum Gasteiger partial charge on any atom is -0.500 e. The van der Waals surface area contributed by atoms with Gasteiger partial charge in [-0.1, -0.05) is 83.1 Å². The predicted octanol–water partition coefficient (Wildman–Crippen LogP) is 11.3. The summed E-state index contributed by atoms with van der Waals surface area (Å²) in [5.74, 6) is 0. The van der Waals surface area contributed by atoms with Gasteiger partial charge in [-0.2, -0.15) is 74.0 Å². The standard InChI is InChI=1S/C46H54N4.Pt/c1-41(2)33-25-37-39(27-35(33)43(5,6)45(41,9)10)49(31-19-15-13-16-20-31)29-47(37)23-24-48-30-50(32-21-17-14-18-22-32)40-28-36-34(26-38(40)48)42(3,4)46(11,12)44(36,7)8;/h13-19,21,25-30H,23-24H2,1-12H3;/q-4;+4. The Morgan fingerprint density at radius 2 is 0.784 bits per heavy atom. The maximum atomic E-state index is 3.51. The molecule has 0 spiro atoms. The van der Waals surface area contributed by atoms with E-state index in [1.165, 1.54) is 45.0 Å². The molecule has 0 bridgehead atoms. The molecule has 51 heavy (non-hydrogen) atoms. The van der Waals surface area contributed by atoms with Gasteiger partial charge in [0.1, 0.15) is 0 Å². The minimum atomic E-state index is 0. The molecule has 0 fully saturated rings. The van der Waals surface area contributed by atoms with Crippen LogP contribution in [0.25, 0.3) is 0 Å².